The first kappa shape index (κ1) is 19.6. The molecule has 4 atom stereocenters. The molecule has 0 amide bonds. The molecule has 0 radical (unpaired) electrons. The Morgan fingerprint density at radius 2 is 1.91 bits per heavy atom. The molecule has 1 N–H and O–H groups in total. The van der Waals surface area contributed by atoms with Crippen molar-refractivity contribution in [3.8, 4) is 0 Å². The third-order valence-electron chi connectivity index (χ3n) is 3.66. The van der Waals surface area contributed by atoms with Crippen molar-refractivity contribution < 1.29 is 24.1 Å². The molecule has 1 fully saturated rings. The average Bonchev–Trinajstić information content (AvgIpc) is 2.73. The highest BCUT2D eigenvalue weighted by atomic mass is 16.8. The summed E-state index contributed by atoms with van der Waals surface area (Å²) in [4.78, 5) is 0. The summed E-state index contributed by atoms with van der Waals surface area (Å²) in [5.41, 5.74) is 0. The lowest BCUT2D eigenvalue weighted by Gasteiger charge is -2.22. The molecule has 0 aromatic heterocycles. The minimum atomic E-state index is -0.717. The molecule has 0 aromatic carbocycles. The van der Waals surface area contributed by atoms with Crippen LogP contribution < -0.4 is 0 Å². The zero-order valence-electron chi connectivity index (χ0n) is 14.7. The second-order valence-corrected chi connectivity index (χ2v) is 6.58. The molecule has 0 aromatic rings. The summed E-state index contributed by atoms with van der Waals surface area (Å²) >= 11 is 0. The first-order valence-electron chi connectivity index (χ1n) is 8.13. The molecule has 0 saturated carbocycles. The molecule has 22 heavy (non-hydrogen) atoms. The predicted molar refractivity (Wildman–Crippen MR) is 85.5 cm³/mol. The van der Waals surface area contributed by atoms with Crippen LogP contribution in [-0.4, -0.2) is 49.2 Å². The summed E-state index contributed by atoms with van der Waals surface area (Å²) in [5, 5.41) is 10.5. The maximum Gasteiger partial charge on any atom is 0.163 e. The van der Waals surface area contributed by atoms with Gasteiger partial charge in [0, 0.05) is 7.11 Å². The van der Waals surface area contributed by atoms with Gasteiger partial charge in [-0.25, -0.2) is 0 Å². The van der Waals surface area contributed by atoms with Crippen molar-refractivity contribution in [3.63, 3.8) is 0 Å². The van der Waals surface area contributed by atoms with Gasteiger partial charge < -0.3 is 24.1 Å². The summed E-state index contributed by atoms with van der Waals surface area (Å²) in [6, 6.07) is 0. The topological polar surface area (TPSA) is 57.2 Å². The van der Waals surface area contributed by atoms with Crippen LogP contribution in [0.1, 0.15) is 47.5 Å². The Hall–Kier alpha value is -0.460. The maximum atomic E-state index is 10.5. The zero-order chi connectivity index (χ0) is 16.8. The number of ether oxygens (including phenoxy) is 4. The number of methoxy groups -OCH3 is 1. The van der Waals surface area contributed by atoms with Gasteiger partial charge in [-0.2, -0.15) is 0 Å². The summed E-state index contributed by atoms with van der Waals surface area (Å²) in [5.74, 6) is -0.356. The SMILES string of the molecule is CCC[C@@H]1OC(C)(C)O[C@@H]1C(O)/C=C\[C@@H](OCOC)C(C)C. The number of hydrogen-bond donors (Lipinski definition) is 1. The Bertz CT molecular complexity index is 340. The Balaban J connectivity index is 2.68. The van der Waals surface area contributed by atoms with Crippen LogP contribution in [0.5, 0.6) is 0 Å². The maximum absolute atomic E-state index is 10.5. The Kier molecular flexibility index (Phi) is 8.00. The number of aliphatic hydroxyl groups is 1. The van der Waals surface area contributed by atoms with Crippen LogP contribution in [0.2, 0.25) is 0 Å². The Labute approximate surface area is 134 Å². The number of rotatable bonds is 9. The molecule has 1 unspecified atom stereocenters. The van der Waals surface area contributed by atoms with Crippen molar-refractivity contribution in [3.05, 3.63) is 12.2 Å². The fraction of sp³-hybridized carbons (Fsp3) is 0.882. The molecule has 130 valence electrons. The second-order valence-electron chi connectivity index (χ2n) is 6.58. The van der Waals surface area contributed by atoms with Crippen LogP contribution in [0, 0.1) is 5.92 Å². The van der Waals surface area contributed by atoms with Gasteiger partial charge in [0.2, 0.25) is 0 Å². The highest BCUT2D eigenvalue weighted by Crippen LogP contribution is 2.32. The van der Waals surface area contributed by atoms with E-state index in [1.54, 1.807) is 13.2 Å². The summed E-state index contributed by atoms with van der Waals surface area (Å²) in [6.07, 6.45) is 4.23. The minimum absolute atomic E-state index is 0.0861. The van der Waals surface area contributed by atoms with E-state index in [9.17, 15) is 5.11 Å². The van der Waals surface area contributed by atoms with Crippen molar-refractivity contribution in [2.24, 2.45) is 5.92 Å². The first-order valence-corrected chi connectivity index (χ1v) is 8.13. The third kappa shape index (κ3) is 5.97. The standard InChI is InChI=1S/C17H32O5/c1-7-8-15-16(22-17(4,5)21-15)13(18)9-10-14(12(2)3)20-11-19-6/h9-10,12-16,18H,7-8,11H2,1-6H3/b10-9-/t13?,14-,15+,16-/m1/s1. The quantitative estimate of drug-likeness (QED) is 0.523. The fourth-order valence-corrected chi connectivity index (χ4v) is 2.61. The molecular weight excluding hydrogens is 284 g/mol. The van der Waals surface area contributed by atoms with Gasteiger partial charge in [-0.05, 0) is 26.2 Å². The van der Waals surface area contributed by atoms with E-state index in [0.29, 0.717) is 5.92 Å². The van der Waals surface area contributed by atoms with Crippen molar-refractivity contribution in [1.82, 2.24) is 0 Å². The normalized spacial score (nSPS) is 27.6. The van der Waals surface area contributed by atoms with Gasteiger partial charge in [0.15, 0.2) is 5.79 Å². The van der Waals surface area contributed by atoms with Crippen LogP contribution in [-0.2, 0) is 18.9 Å². The second kappa shape index (κ2) is 8.99. The zero-order valence-corrected chi connectivity index (χ0v) is 14.7. The molecule has 5 nitrogen and oxygen atoms in total. The summed E-state index contributed by atoms with van der Waals surface area (Å²) in [6.45, 7) is 10.2. The molecular formula is C17H32O5. The van der Waals surface area contributed by atoms with Gasteiger partial charge in [0.25, 0.3) is 0 Å². The number of hydrogen-bond acceptors (Lipinski definition) is 5. The lowest BCUT2D eigenvalue weighted by molar-refractivity contribution is -0.152. The van der Waals surface area contributed by atoms with E-state index in [0.717, 1.165) is 12.8 Å². The van der Waals surface area contributed by atoms with Gasteiger partial charge in [-0.15, -0.1) is 0 Å². The van der Waals surface area contributed by atoms with Gasteiger partial charge in [0.05, 0.1) is 12.2 Å². The van der Waals surface area contributed by atoms with Crippen LogP contribution in [0.4, 0.5) is 0 Å². The van der Waals surface area contributed by atoms with Crippen LogP contribution >= 0.6 is 0 Å². The Morgan fingerprint density at radius 1 is 1.23 bits per heavy atom. The third-order valence-corrected chi connectivity index (χ3v) is 3.66. The first-order chi connectivity index (χ1) is 10.3. The molecule has 0 bridgehead atoms. The predicted octanol–water partition coefficient (Wildman–Crippen LogP) is 2.87. The van der Waals surface area contributed by atoms with Gasteiger partial charge in [-0.3, -0.25) is 0 Å². The number of aliphatic hydroxyl groups excluding tert-OH is 1. The molecule has 1 heterocycles. The van der Waals surface area contributed by atoms with E-state index >= 15 is 0 Å². The van der Waals surface area contributed by atoms with E-state index < -0.39 is 11.9 Å². The smallest absolute Gasteiger partial charge is 0.163 e. The average molecular weight is 316 g/mol. The molecule has 1 aliphatic heterocycles. The highest BCUT2D eigenvalue weighted by Gasteiger charge is 2.43. The van der Waals surface area contributed by atoms with Crippen molar-refractivity contribution >= 4 is 0 Å². The van der Waals surface area contributed by atoms with Crippen molar-refractivity contribution in [1.29, 1.82) is 0 Å². The van der Waals surface area contributed by atoms with E-state index in [1.165, 1.54) is 0 Å². The molecule has 1 rings (SSSR count). The molecule has 1 saturated heterocycles. The lowest BCUT2D eigenvalue weighted by Crippen LogP contribution is -2.34. The van der Waals surface area contributed by atoms with Crippen molar-refractivity contribution in [2.45, 2.75) is 77.7 Å². The van der Waals surface area contributed by atoms with E-state index in [1.807, 2.05) is 19.9 Å². The van der Waals surface area contributed by atoms with E-state index in [2.05, 4.69) is 20.8 Å². The van der Waals surface area contributed by atoms with Crippen molar-refractivity contribution in [2.75, 3.05) is 13.9 Å². The summed E-state index contributed by atoms with van der Waals surface area (Å²) < 4.78 is 22.3. The van der Waals surface area contributed by atoms with Crippen LogP contribution in [0.15, 0.2) is 12.2 Å². The van der Waals surface area contributed by atoms with Gasteiger partial charge in [-0.1, -0.05) is 39.3 Å². The Morgan fingerprint density at radius 3 is 2.45 bits per heavy atom. The van der Waals surface area contributed by atoms with Crippen LogP contribution in [0.3, 0.4) is 0 Å². The summed E-state index contributed by atoms with van der Waals surface area (Å²) in [7, 11) is 1.59. The fourth-order valence-electron chi connectivity index (χ4n) is 2.61. The molecule has 0 aliphatic carbocycles. The molecule has 0 spiro atoms. The monoisotopic (exact) mass is 316 g/mol. The lowest BCUT2D eigenvalue weighted by atomic mass is 10.0. The highest BCUT2D eigenvalue weighted by molar-refractivity contribution is 5.01. The minimum Gasteiger partial charge on any atom is -0.386 e. The molecule has 5 heteroatoms. The van der Waals surface area contributed by atoms with Gasteiger partial charge in [0.1, 0.15) is 19.0 Å². The van der Waals surface area contributed by atoms with Crippen LogP contribution in [0.25, 0.3) is 0 Å². The van der Waals surface area contributed by atoms with E-state index in [-0.39, 0.29) is 25.1 Å². The van der Waals surface area contributed by atoms with Gasteiger partial charge >= 0.3 is 0 Å². The van der Waals surface area contributed by atoms with E-state index in [4.69, 9.17) is 18.9 Å². The molecule has 1 aliphatic rings. The largest absolute Gasteiger partial charge is 0.386 e.